The first-order chi connectivity index (χ1) is 16.6. The van der Waals surface area contributed by atoms with Crippen LogP contribution in [0.3, 0.4) is 0 Å². The van der Waals surface area contributed by atoms with Crippen molar-refractivity contribution in [3.8, 4) is 22.6 Å². The molecule has 3 rings (SSSR count). The molecule has 0 bridgehead atoms. The minimum absolute atomic E-state index is 0.00258. The van der Waals surface area contributed by atoms with Gasteiger partial charge in [0.15, 0.2) is 11.6 Å². The summed E-state index contributed by atoms with van der Waals surface area (Å²) in [6.07, 6.45) is 12.3. The summed E-state index contributed by atoms with van der Waals surface area (Å²) in [5.41, 5.74) is 0.840. The highest BCUT2D eigenvalue weighted by molar-refractivity contribution is 5.66. The van der Waals surface area contributed by atoms with Crippen molar-refractivity contribution >= 4 is 0 Å². The molecule has 1 fully saturated rings. The fraction of sp³-hybridized carbons (Fsp3) is 0.586. The Bertz CT molecular complexity index is 845. The van der Waals surface area contributed by atoms with Crippen LogP contribution in [0, 0.1) is 23.5 Å². The second-order valence-electron chi connectivity index (χ2n) is 9.44. The Kier molecular flexibility index (Phi) is 11.1. The molecule has 1 aliphatic rings. The monoisotopic (exact) mass is 474 g/mol. The van der Waals surface area contributed by atoms with Gasteiger partial charge >= 0.3 is 0 Å². The van der Waals surface area contributed by atoms with Crippen LogP contribution in [-0.2, 0) is 4.74 Å². The maximum Gasteiger partial charge on any atom is 0.201 e. The van der Waals surface area contributed by atoms with Crippen LogP contribution in [-0.4, -0.2) is 26.9 Å². The van der Waals surface area contributed by atoms with Gasteiger partial charge < -0.3 is 14.2 Å². The van der Waals surface area contributed by atoms with E-state index in [1.54, 1.807) is 43.5 Å². The zero-order valence-corrected chi connectivity index (χ0v) is 20.8. The lowest BCUT2D eigenvalue weighted by Crippen LogP contribution is -2.20. The smallest absolute Gasteiger partial charge is 0.201 e. The van der Waals surface area contributed by atoms with E-state index in [-0.39, 0.29) is 11.3 Å². The van der Waals surface area contributed by atoms with Crippen molar-refractivity contribution in [2.75, 3.05) is 26.9 Å². The predicted octanol–water partition coefficient (Wildman–Crippen LogP) is 8.20. The Hall–Kier alpha value is -2.14. The van der Waals surface area contributed by atoms with E-state index in [0.717, 1.165) is 31.8 Å². The molecule has 0 aromatic heterocycles. The third-order valence-electron chi connectivity index (χ3n) is 6.92. The van der Waals surface area contributed by atoms with Gasteiger partial charge in [0.1, 0.15) is 5.75 Å². The van der Waals surface area contributed by atoms with Gasteiger partial charge in [-0.2, -0.15) is 4.39 Å². The van der Waals surface area contributed by atoms with Gasteiger partial charge in [-0.15, -0.1) is 0 Å². The van der Waals surface area contributed by atoms with Gasteiger partial charge in [0.2, 0.25) is 5.82 Å². The van der Waals surface area contributed by atoms with Gasteiger partial charge in [-0.1, -0.05) is 57.1 Å². The molecule has 0 saturated heterocycles. The summed E-state index contributed by atoms with van der Waals surface area (Å²) in [5, 5.41) is 0. The molecule has 5 heteroatoms. The topological polar surface area (TPSA) is 27.7 Å². The van der Waals surface area contributed by atoms with Crippen LogP contribution < -0.4 is 9.47 Å². The summed E-state index contributed by atoms with van der Waals surface area (Å²) >= 11 is 0. The summed E-state index contributed by atoms with van der Waals surface area (Å²) in [6.45, 7) is 3.79. The Morgan fingerprint density at radius 2 is 1.44 bits per heavy atom. The van der Waals surface area contributed by atoms with E-state index in [1.165, 1.54) is 44.9 Å². The Balaban J connectivity index is 1.41. The molecule has 2 aromatic carbocycles. The number of ether oxygens (including phenoxy) is 3. The van der Waals surface area contributed by atoms with Crippen molar-refractivity contribution in [2.45, 2.75) is 71.1 Å². The van der Waals surface area contributed by atoms with Crippen molar-refractivity contribution < 1.29 is 23.0 Å². The van der Waals surface area contributed by atoms with Crippen LogP contribution in [0.1, 0.15) is 71.1 Å². The van der Waals surface area contributed by atoms with E-state index in [2.05, 4.69) is 0 Å². The van der Waals surface area contributed by atoms with Crippen LogP contribution in [0.2, 0.25) is 0 Å². The van der Waals surface area contributed by atoms with Crippen molar-refractivity contribution in [3.63, 3.8) is 0 Å². The molecule has 0 aliphatic heterocycles. The molecule has 188 valence electrons. The highest BCUT2D eigenvalue weighted by atomic mass is 19.2. The van der Waals surface area contributed by atoms with Crippen molar-refractivity contribution in [1.29, 1.82) is 0 Å². The van der Waals surface area contributed by atoms with Crippen LogP contribution in [0.25, 0.3) is 11.1 Å². The lowest BCUT2D eigenvalue weighted by Gasteiger charge is -2.28. The first-order valence-electron chi connectivity index (χ1n) is 12.9. The van der Waals surface area contributed by atoms with Gasteiger partial charge in [0.05, 0.1) is 13.2 Å². The molecule has 3 nitrogen and oxygen atoms in total. The molecule has 0 heterocycles. The molecule has 0 N–H and O–H groups in total. The lowest BCUT2D eigenvalue weighted by atomic mass is 9.80. The number of hydrogen-bond donors (Lipinski definition) is 0. The van der Waals surface area contributed by atoms with Crippen LogP contribution >= 0.6 is 0 Å². The highest BCUT2D eigenvalue weighted by Crippen LogP contribution is 2.34. The average molecular weight is 475 g/mol. The molecule has 0 radical (unpaired) electrons. The molecule has 0 unspecified atom stereocenters. The van der Waals surface area contributed by atoms with Crippen LogP contribution in [0.4, 0.5) is 8.78 Å². The number of hydrogen-bond acceptors (Lipinski definition) is 3. The fourth-order valence-corrected chi connectivity index (χ4v) is 4.87. The maximum absolute atomic E-state index is 14.8. The zero-order valence-electron chi connectivity index (χ0n) is 20.8. The predicted molar refractivity (Wildman–Crippen MR) is 133 cm³/mol. The van der Waals surface area contributed by atoms with Gasteiger partial charge in [-0.3, -0.25) is 0 Å². The summed E-state index contributed by atoms with van der Waals surface area (Å²) in [7, 11) is 1.76. The molecule has 1 aliphatic carbocycles. The molecular formula is C29H40F2O3. The SMILES string of the molecule is CCOc1ccc(-c2ccc(OCC3CCC(CCCCCCCOC)CC3)c(F)c2F)cc1. The summed E-state index contributed by atoms with van der Waals surface area (Å²) in [4.78, 5) is 0. The van der Waals surface area contributed by atoms with E-state index >= 15 is 0 Å². The van der Waals surface area contributed by atoms with Crippen LogP contribution in [0.5, 0.6) is 11.5 Å². The van der Waals surface area contributed by atoms with E-state index in [9.17, 15) is 8.78 Å². The molecule has 34 heavy (non-hydrogen) atoms. The van der Waals surface area contributed by atoms with E-state index in [4.69, 9.17) is 14.2 Å². The Labute approximate surface area is 203 Å². The van der Waals surface area contributed by atoms with Gasteiger partial charge in [-0.05, 0) is 67.9 Å². The largest absolute Gasteiger partial charge is 0.494 e. The zero-order chi connectivity index (χ0) is 24.2. The Morgan fingerprint density at radius 3 is 2.15 bits per heavy atom. The second kappa shape index (κ2) is 14.3. The third kappa shape index (κ3) is 7.97. The van der Waals surface area contributed by atoms with Crippen molar-refractivity contribution in [1.82, 2.24) is 0 Å². The number of rotatable bonds is 14. The summed E-state index contributed by atoms with van der Waals surface area (Å²) in [6, 6.07) is 10.1. The fourth-order valence-electron chi connectivity index (χ4n) is 4.87. The van der Waals surface area contributed by atoms with E-state index in [1.807, 2.05) is 6.92 Å². The standard InChI is InChI=1S/C29H40F2O3/c1-3-33-25-16-14-24(15-17-25)26-18-19-27(29(31)28(26)30)34-21-23-12-10-22(11-13-23)9-7-5-4-6-8-20-32-2/h14-19,22-23H,3-13,20-21H2,1-2H3. The molecule has 0 atom stereocenters. The maximum atomic E-state index is 14.8. The number of methoxy groups -OCH3 is 1. The lowest BCUT2D eigenvalue weighted by molar-refractivity contribution is 0.172. The summed E-state index contributed by atoms with van der Waals surface area (Å²) < 4.78 is 45.7. The molecule has 1 saturated carbocycles. The van der Waals surface area contributed by atoms with Gasteiger partial charge in [-0.25, -0.2) is 4.39 Å². The normalized spacial score (nSPS) is 18.1. The number of unbranched alkanes of at least 4 members (excludes halogenated alkanes) is 4. The van der Waals surface area contributed by atoms with Crippen molar-refractivity contribution in [2.24, 2.45) is 11.8 Å². The van der Waals surface area contributed by atoms with Crippen molar-refractivity contribution in [3.05, 3.63) is 48.0 Å². The molecular weight excluding hydrogens is 434 g/mol. The first kappa shape index (κ1) is 26.5. The Morgan fingerprint density at radius 1 is 0.765 bits per heavy atom. The average Bonchev–Trinajstić information content (AvgIpc) is 2.86. The second-order valence-corrected chi connectivity index (χ2v) is 9.44. The summed E-state index contributed by atoms with van der Waals surface area (Å²) in [5.74, 6) is 0.150. The third-order valence-corrected chi connectivity index (χ3v) is 6.92. The molecule has 0 spiro atoms. The quantitative estimate of drug-likeness (QED) is 0.258. The number of halogens is 2. The molecule has 2 aromatic rings. The van der Waals surface area contributed by atoms with E-state index in [0.29, 0.717) is 30.4 Å². The molecule has 0 amide bonds. The highest BCUT2D eigenvalue weighted by Gasteiger charge is 2.23. The minimum Gasteiger partial charge on any atom is -0.494 e. The van der Waals surface area contributed by atoms with E-state index < -0.39 is 11.6 Å². The van der Waals surface area contributed by atoms with Crippen LogP contribution in [0.15, 0.2) is 36.4 Å². The first-order valence-corrected chi connectivity index (χ1v) is 12.9. The minimum atomic E-state index is -0.912. The van der Waals surface area contributed by atoms with Gasteiger partial charge in [0, 0.05) is 19.3 Å². The number of benzene rings is 2. The van der Waals surface area contributed by atoms with Gasteiger partial charge in [0.25, 0.3) is 0 Å².